The van der Waals surface area contributed by atoms with Crippen molar-refractivity contribution in [2.45, 2.75) is 70.3 Å². The van der Waals surface area contributed by atoms with Gasteiger partial charge in [-0.1, -0.05) is 30.3 Å². The van der Waals surface area contributed by atoms with Gasteiger partial charge in [-0.15, -0.1) is 0 Å². The topological polar surface area (TPSA) is 154 Å². The Morgan fingerprint density at radius 2 is 1.75 bits per heavy atom. The zero-order chi connectivity index (χ0) is 27.0. The lowest BCUT2D eigenvalue weighted by atomic mass is 10.0. The highest BCUT2D eigenvalue weighted by Crippen LogP contribution is 2.19. The van der Waals surface area contributed by atoms with Crippen molar-refractivity contribution in [3.05, 3.63) is 35.9 Å². The van der Waals surface area contributed by atoms with E-state index in [9.17, 15) is 37.9 Å². The van der Waals surface area contributed by atoms with E-state index in [1.54, 1.807) is 30.3 Å². The van der Waals surface area contributed by atoms with E-state index in [4.69, 9.17) is 4.74 Å². The molecule has 11 nitrogen and oxygen atoms in total. The van der Waals surface area contributed by atoms with Crippen LogP contribution in [-0.4, -0.2) is 76.4 Å². The molecule has 1 aromatic rings. The van der Waals surface area contributed by atoms with Crippen molar-refractivity contribution >= 4 is 29.8 Å². The fourth-order valence-electron chi connectivity index (χ4n) is 3.53. The van der Waals surface area contributed by atoms with E-state index in [1.807, 2.05) is 5.32 Å². The van der Waals surface area contributed by atoms with E-state index < -0.39 is 59.9 Å². The van der Waals surface area contributed by atoms with Crippen LogP contribution >= 0.6 is 0 Å². The summed E-state index contributed by atoms with van der Waals surface area (Å²) in [7, 11) is 0. The maximum absolute atomic E-state index is 13.8. The second-order valence-corrected chi connectivity index (χ2v) is 8.64. The number of alkyl halides is 2. The van der Waals surface area contributed by atoms with Gasteiger partial charge in [0.25, 0.3) is 12.3 Å². The van der Waals surface area contributed by atoms with Gasteiger partial charge in [-0.3, -0.25) is 14.4 Å². The minimum Gasteiger partial charge on any atom is -0.480 e. The second kappa shape index (κ2) is 12.3. The third-order valence-corrected chi connectivity index (χ3v) is 5.77. The number of nitrogens with zero attached hydrogens (tertiary/aromatic N) is 1. The Balaban J connectivity index is 1.94. The number of amides is 4. The number of likely N-dealkylation sites (tertiary alicyclic amines) is 1. The van der Waals surface area contributed by atoms with Crippen molar-refractivity contribution in [1.82, 2.24) is 20.9 Å². The molecule has 198 valence electrons. The summed E-state index contributed by atoms with van der Waals surface area (Å²) in [5, 5.41) is 15.5. The summed E-state index contributed by atoms with van der Waals surface area (Å²) in [5.74, 6) is -3.98. The zero-order valence-corrected chi connectivity index (χ0v) is 20.1. The lowest BCUT2D eigenvalue weighted by molar-refractivity contribution is -0.149. The van der Waals surface area contributed by atoms with Gasteiger partial charge in [-0.2, -0.15) is 0 Å². The molecule has 4 atom stereocenters. The highest BCUT2D eigenvalue weighted by molar-refractivity contribution is 5.96. The van der Waals surface area contributed by atoms with Gasteiger partial charge in [0, 0.05) is 6.54 Å². The first-order chi connectivity index (χ1) is 16.9. The molecule has 1 unspecified atom stereocenters. The van der Waals surface area contributed by atoms with Crippen LogP contribution in [0, 0.1) is 0 Å². The predicted octanol–water partition coefficient (Wildman–Crippen LogP) is 1.02. The monoisotopic (exact) mass is 512 g/mol. The molecule has 0 aliphatic carbocycles. The maximum atomic E-state index is 13.8. The van der Waals surface area contributed by atoms with Crippen LogP contribution in [0.4, 0.5) is 13.6 Å². The number of carbonyl (C=O) groups is 5. The SMILES string of the molecule is C[C@H](NC(=O)C(C)(NC(=O)OCc1ccccc1)C(F)F)C(=O)N[C@@H](C)C(=O)N1CCC[C@H]1C(=O)O. The van der Waals surface area contributed by atoms with Crippen LogP contribution in [0.3, 0.4) is 0 Å². The Morgan fingerprint density at radius 1 is 1.11 bits per heavy atom. The summed E-state index contributed by atoms with van der Waals surface area (Å²) in [6, 6.07) is 4.98. The van der Waals surface area contributed by atoms with Crippen molar-refractivity contribution in [3.8, 4) is 0 Å². The van der Waals surface area contributed by atoms with Crippen LogP contribution in [-0.2, 0) is 30.5 Å². The average Bonchev–Trinajstić information content (AvgIpc) is 3.32. The molecular weight excluding hydrogens is 482 g/mol. The Hall–Kier alpha value is -3.77. The minimum absolute atomic E-state index is 0.210. The quantitative estimate of drug-likeness (QED) is 0.365. The molecule has 2 rings (SSSR count). The third kappa shape index (κ3) is 7.12. The maximum Gasteiger partial charge on any atom is 0.408 e. The molecule has 36 heavy (non-hydrogen) atoms. The van der Waals surface area contributed by atoms with Crippen LogP contribution < -0.4 is 16.0 Å². The van der Waals surface area contributed by atoms with Crippen LogP contribution in [0.25, 0.3) is 0 Å². The summed E-state index contributed by atoms with van der Waals surface area (Å²) < 4.78 is 32.4. The van der Waals surface area contributed by atoms with E-state index >= 15 is 0 Å². The highest BCUT2D eigenvalue weighted by atomic mass is 19.3. The number of carboxylic acid groups (broad SMARTS) is 1. The van der Waals surface area contributed by atoms with Crippen molar-refractivity contribution in [2.75, 3.05) is 6.54 Å². The van der Waals surface area contributed by atoms with Gasteiger partial charge < -0.3 is 30.7 Å². The first-order valence-corrected chi connectivity index (χ1v) is 11.3. The van der Waals surface area contributed by atoms with Crippen molar-refractivity contribution in [1.29, 1.82) is 0 Å². The van der Waals surface area contributed by atoms with E-state index in [0.29, 0.717) is 18.4 Å². The summed E-state index contributed by atoms with van der Waals surface area (Å²) in [6.07, 6.45) is -3.81. The predicted molar refractivity (Wildman–Crippen MR) is 122 cm³/mol. The second-order valence-electron chi connectivity index (χ2n) is 8.64. The van der Waals surface area contributed by atoms with Crippen LogP contribution in [0.15, 0.2) is 30.3 Å². The van der Waals surface area contributed by atoms with Crippen LogP contribution in [0.1, 0.15) is 39.2 Å². The van der Waals surface area contributed by atoms with Gasteiger partial charge in [-0.25, -0.2) is 18.4 Å². The Morgan fingerprint density at radius 3 is 2.33 bits per heavy atom. The van der Waals surface area contributed by atoms with Gasteiger partial charge in [0.2, 0.25) is 11.8 Å². The molecule has 1 fully saturated rings. The number of ether oxygens (including phenoxy) is 1. The van der Waals surface area contributed by atoms with Gasteiger partial charge in [0.05, 0.1) is 0 Å². The number of hydrogen-bond acceptors (Lipinski definition) is 6. The number of halogens is 2. The van der Waals surface area contributed by atoms with Crippen molar-refractivity contribution < 1.29 is 42.6 Å². The lowest BCUT2D eigenvalue weighted by Crippen LogP contribution is -2.64. The molecule has 0 radical (unpaired) electrons. The number of hydrogen-bond donors (Lipinski definition) is 4. The van der Waals surface area contributed by atoms with Gasteiger partial charge in [0.1, 0.15) is 24.7 Å². The van der Waals surface area contributed by atoms with Gasteiger partial charge in [-0.05, 0) is 39.2 Å². The molecule has 0 bridgehead atoms. The van der Waals surface area contributed by atoms with E-state index in [-0.39, 0.29) is 13.2 Å². The molecule has 13 heteroatoms. The lowest BCUT2D eigenvalue weighted by Gasteiger charge is -2.30. The molecule has 0 spiro atoms. The number of alkyl carbamates (subject to hydrolysis) is 1. The minimum atomic E-state index is -3.35. The van der Waals surface area contributed by atoms with E-state index in [0.717, 1.165) is 11.8 Å². The van der Waals surface area contributed by atoms with Crippen molar-refractivity contribution in [3.63, 3.8) is 0 Å². The van der Waals surface area contributed by atoms with Crippen molar-refractivity contribution in [2.24, 2.45) is 0 Å². The molecule has 4 N–H and O–H groups in total. The first-order valence-electron chi connectivity index (χ1n) is 11.3. The fraction of sp³-hybridized carbons (Fsp3) is 0.522. The molecule has 0 saturated carbocycles. The molecule has 1 aliphatic heterocycles. The zero-order valence-electron chi connectivity index (χ0n) is 20.1. The number of carboxylic acids is 1. The smallest absolute Gasteiger partial charge is 0.408 e. The average molecular weight is 513 g/mol. The molecular formula is C23H30F2N4O7. The van der Waals surface area contributed by atoms with E-state index in [2.05, 4.69) is 10.6 Å². The van der Waals surface area contributed by atoms with E-state index in [1.165, 1.54) is 13.8 Å². The summed E-state index contributed by atoms with van der Waals surface area (Å²) in [6.45, 7) is 3.35. The Kier molecular flexibility index (Phi) is 9.70. The Bertz CT molecular complexity index is 978. The Labute approximate surface area is 206 Å². The van der Waals surface area contributed by atoms with Crippen LogP contribution in [0.5, 0.6) is 0 Å². The fourth-order valence-corrected chi connectivity index (χ4v) is 3.53. The molecule has 0 aromatic heterocycles. The van der Waals surface area contributed by atoms with Gasteiger partial charge in [0.15, 0.2) is 5.54 Å². The van der Waals surface area contributed by atoms with Crippen LogP contribution in [0.2, 0.25) is 0 Å². The summed E-state index contributed by atoms with van der Waals surface area (Å²) in [5.41, 5.74) is -2.11. The molecule has 4 amide bonds. The molecule has 1 aliphatic rings. The van der Waals surface area contributed by atoms with Gasteiger partial charge >= 0.3 is 12.1 Å². The number of benzene rings is 1. The highest BCUT2D eigenvalue weighted by Gasteiger charge is 2.45. The number of aliphatic carboxylic acids is 1. The largest absolute Gasteiger partial charge is 0.480 e. The summed E-state index contributed by atoms with van der Waals surface area (Å²) in [4.78, 5) is 62.2. The standard InChI is InChI=1S/C23H30F2N4O7/c1-13(17(30)26-14(2)18(31)29-11-7-10-16(29)19(32)33)27-21(34)23(3,20(24)25)28-22(35)36-12-15-8-5-4-6-9-15/h4-6,8-9,13-14,16,20H,7,10-12H2,1-3H3,(H,26,30)(H,27,34)(H,28,35)(H,32,33)/t13-,14-,16-,23?/m0/s1. The first kappa shape index (κ1) is 28.5. The number of rotatable bonds is 10. The normalized spacial score (nSPS) is 18.5. The number of carbonyl (C=O) groups excluding carboxylic acids is 4. The third-order valence-electron chi connectivity index (χ3n) is 5.77. The number of nitrogens with one attached hydrogen (secondary N) is 3. The molecule has 1 heterocycles. The summed E-state index contributed by atoms with van der Waals surface area (Å²) >= 11 is 0. The molecule has 1 aromatic carbocycles. The molecule has 1 saturated heterocycles.